The standard InChI is InChI=1S/C21H24N2O6S/c1-28-21(25)17-4-7-19(8-5-17)30(26,27)22-15-16-10-12-23(13-11-16)20(24)9-6-18-3-2-14-29-18/h2-9,14,16,22H,10-13,15H2,1H3/b9-6+. The Morgan fingerprint density at radius 3 is 2.50 bits per heavy atom. The van der Waals surface area contributed by atoms with Gasteiger partial charge in [-0.25, -0.2) is 17.9 Å². The van der Waals surface area contributed by atoms with Crippen LogP contribution in [0.5, 0.6) is 0 Å². The molecule has 9 heteroatoms. The monoisotopic (exact) mass is 432 g/mol. The van der Waals surface area contributed by atoms with Crippen LogP contribution in [0, 0.1) is 5.92 Å². The van der Waals surface area contributed by atoms with Gasteiger partial charge in [-0.3, -0.25) is 4.79 Å². The summed E-state index contributed by atoms with van der Waals surface area (Å²) in [6.07, 6.45) is 6.09. The van der Waals surface area contributed by atoms with Crippen LogP contribution in [0.15, 0.2) is 58.1 Å². The molecule has 1 N–H and O–H groups in total. The van der Waals surface area contributed by atoms with Crippen LogP contribution in [-0.2, 0) is 19.6 Å². The molecule has 1 saturated heterocycles. The highest BCUT2D eigenvalue weighted by molar-refractivity contribution is 7.89. The lowest BCUT2D eigenvalue weighted by molar-refractivity contribution is -0.127. The van der Waals surface area contributed by atoms with Crippen molar-refractivity contribution in [2.75, 3.05) is 26.7 Å². The van der Waals surface area contributed by atoms with E-state index >= 15 is 0 Å². The lowest BCUT2D eigenvalue weighted by atomic mass is 9.97. The third kappa shape index (κ3) is 5.58. The smallest absolute Gasteiger partial charge is 0.337 e. The van der Waals surface area contributed by atoms with Crippen molar-refractivity contribution in [2.45, 2.75) is 17.7 Å². The molecule has 8 nitrogen and oxygen atoms in total. The van der Waals surface area contributed by atoms with Crippen molar-refractivity contribution in [3.05, 3.63) is 60.1 Å². The van der Waals surface area contributed by atoms with E-state index in [-0.39, 0.29) is 22.3 Å². The van der Waals surface area contributed by atoms with Crippen molar-refractivity contribution in [2.24, 2.45) is 5.92 Å². The lowest BCUT2D eigenvalue weighted by Gasteiger charge is -2.31. The van der Waals surface area contributed by atoms with Gasteiger partial charge in [0.15, 0.2) is 0 Å². The fraction of sp³-hybridized carbons (Fsp3) is 0.333. The summed E-state index contributed by atoms with van der Waals surface area (Å²) in [5.41, 5.74) is 0.287. The van der Waals surface area contributed by atoms with Crippen LogP contribution in [0.1, 0.15) is 29.0 Å². The predicted octanol–water partition coefficient (Wildman–Crippen LogP) is 2.30. The first-order valence-electron chi connectivity index (χ1n) is 9.57. The molecule has 1 aromatic carbocycles. The highest BCUT2D eigenvalue weighted by Gasteiger charge is 2.23. The van der Waals surface area contributed by atoms with Crippen molar-refractivity contribution in [3.8, 4) is 0 Å². The number of nitrogens with zero attached hydrogens (tertiary/aromatic N) is 1. The Kier molecular flexibility index (Phi) is 7.07. The molecule has 30 heavy (non-hydrogen) atoms. The number of nitrogens with one attached hydrogen (secondary N) is 1. The van der Waals surface area contributed by atoms with E-state index in [1.165, 1.54) is 37.5 Å². The summed E-state index contributed by atoms with van der Waals surface area (Å²) in [5, 5.41) is 0. The minimum Gasteiger partial charge on any atom is -0.465 e. The first kappa shape index (κ1) is 21.8. The minimum atomic E-state index is -3.68. The summed E-state index contributed by atoms with van der Waals surface area (Å²) in [7, 11) is -2.41. The summed E-state index contributed by atoms with van der Waals surface area (Å²) >= 11 is 0. The van der Waals surface area contributed by atoms with Crippen molar-refractivity contribution in [1.82, 2.24) is 9.62 Å². The second-order valence-electron chi connectivity index (χ2n) is 6.99. The summed E-state index contributed by atoms with van der Waals surface area (Å²) in [4.78, 5) is 25.5. The number of methoxy groups -OCH3 is 1. The first-order valence-corrected chi connectivity index (χ1v) is 11.1. The van der Waals surface area contributed by atoms with E-state index in [2.05, 4.69) is 9.46 Å². The van der Waals surface area contributed by atoms with Crippen molar-refractivity contribution in [3.63, 3.8) is 0 Å². The normalized spacial score (nSPS) is 15.4. The van der Waals surface area contributed by atoms with Gasteiger partial charge in [-0.15, -0.1) is 0 Å². The van der Waals surface area contributed by atoms with Crippen molar-refractivity contribution < 1.29 is 27.2 Å². The zero-order valence-electron chi connectivity index (χ0n) is 16.6. The van der Waals surface area contributed by atoms with Crippen LogP contribution in [0.25, 0.3) is 6.08 Å². The number of rotatable bonds is 7. The Hall–Kier alpha value is -2.91. The molecule has 0 radical (unpaired) electrons. The predicted molar refractivity (Wildman–Crippen MR) is 110 cm³/mol. The van der Waals surface area contributed by atoms with Crippen molar-refractivity contribution in [1.29, 1.82) is 0 Å². The summed E-state index contributed by atoms with van der Waals surface area (Å²) in [6.45, 7) is 1.44. The number of amides is 1. The molecule has 1 aliphatic heterocycles. The number of carbonyl (C=O) groups excluding carboxylic acids is 2. The Balaban J connectivity index is 1.47. The van der Waals surface area contributed by atoms with Crippen molar-refractivity contribution >= 4 is 28.0 Å². The Morgan fingerprint density at radius 2 is 1.90 bits per heavy atom. The van der Waals surface area contributed by atoms with E-state index in [0.717, 1.165) is 0 Å². The number of piperidine rings is 1. The molecule has 160 valence electrons. The van der Waals surface area contributed by atoms with Gasteiger partial charge in [-0.05, 0) is 61.2 Å². The molecule has 1 amide bonds. The average Bonchev–Trinajstić information content (AvgIpc) is 3.30. The molecule has 1 fully saturated rings. The SMILES string of the molecule is COC(=O)c1ccc(S(=O)(=O)NCC2CCN(C(=O)/C=C/c3ccco3)CC2)cc1. The molecule has 0 aliphatic carbocycles. The number of carbonyl (C=O) groups is 2. The number of hydrogen-bond donors (Lipinski definition) is 1. The van der Waals surface area contributed by atoms with Gasteiger partial charge in [0.05, 0.1) is 23.8 Å². The minimum absolute atomic E-state index is 0.0869. The summed E-state index contributed by atoms with van der Waals surface area (Å²) in [6, 6.07) is 9.11. The van der Waals surface area contributed by atoms with E-state index in [4.69, 9.17) is 4.42 Å². The Morgan fingerprint density at radius 1 is 1.20 bits per heavy atom. The Labute approximate surface area is 175 Å². The van der Waals surface area contributed by atoms with Gasteiger partial charge < -0.3 is 14.1 Å². The molecule has 2 aromatic rings. The summed E-state index contributed by atoms with van der Waals surface area (Å²) in [5.74, 6) is 0.155. The van der Waals surface area contributed by atoms with E-state index in [1.807, 2.05) is 0 Å². The second-order valence-corrected chi connectivity index (χ2v) is 8.75. The van der Waals surface area contributed by atoms with Gasteiger partial charge in [-0.1, -0.05) is 0 Å². The molecule has 3 rings (SSSR count). The van der Waals surface area contributed by atoms with Crippen LogP contribution in [0.2, 0.25) is 0 Å². The zero-order chi connectivity index (χ0) is 21.6. The number of likely N-dealkylation sites (tertiary alicyclic amines) is 1. The maximum Gasteiger partial charge on any atom is 0.337 e. The maximum atomic E-state index is 12.5. The molecular weight excluding hydrogens is 408 g/mol. The number of furan rings is 1. The zero-order valence-corrected chi connectivity index (χ0v) is 17.4. The van der Waals surface area contributed by atoms with E-state index in [9.17, 15) is 18.0 Å². The van der Waals surface area contributed by atoms with Crippen LogP contribution in [-0.4, -0.2) is 51.9 Å². The number of hydrogen-bond acceptors (Lipinski definition) is 6. The first-order chi connectivity index (χ1) is 14.4. The van der Waals surface area contributed by atoms with Gasteiger partial charge in [-0.2, -0.15) is 0 Å². The highest BCUT2D eigenvalue weighted by atomic mass is 32.2. The average molecular weight is 432 g/mol. The molecular formula is C21H24N2O6S. The van der Waals surface area contributed by atoms with Gasteiger partial charge >= 0.3 is 5.97 Å². The highest BCUT2D eigenvalue weighted by Crippen LogP contribution is 2.18. The third-order valence-electron chi connectivity index (χ3n) is 5.01. The molecule has 0 spiro atoms. The fourth-order valence-electron chi connectivity index (χ4n) is 3.20. The van der Waals surface area contributed by atoms with Gasteiger partial charge in [0.1, 0.15) is 5.76 Å². The van der Waals surface area contributed by atoms with Crippen LogP contribution >= 0.6 is 0 Å². The quantitative estimate of drug-likeness (QED) is 0.532. The lowest BCUT2D eigenvalue weighted by Crippen LogP contribution is -2.40. The van der Waals surface area contributed by atoms with E-state index in [1.54, 1.807) is 29.4 Å². The molecule has 0 unspecified atom stereocenters. The second kappa shape index (κ2) is 9.73. The molecule has 0 atom stereocenters. The number of sulfonamides is 1. The Bertz CT molecular complexity index is 989. The molecule has 1 aromatic heterocycles. The maximum absolute atomic E-state index is 12.5. The fourth-order valence-corrected chi connectivity index (χ4v) is 4.32. The molecule has 0 saturated carbocycles. The largest absolute Gasteiger partial charge is 0.465 e. The third-order valence-corrected chi connectivity index (χ3v) is 6.45. The topological polar surface area (TPSA) is 106 Å². The van der Waals surface area contributed by atoms with Gasteiger partial charge in [0.25, 0.3) is 0 Å². The van der Waals surface area contributed by atoms with Gasteiger partial charge in [0, 0.05) is 25.7 Å². The number of benzene rings is 1. The van der Waals surface area contributed by atoms with Crippen LogP contribution < -0.4 is 4.72 Å². The molecule has 2 heterocycles. The van der Waals surface area contributed by atoms with Crippen LogP contribution in [0.3, 0.4) is 0 Å². The summed E-state index contributed by atoms with van der Waals surface area (Å²) < 4.78 is 37.4. The number of ether oxygens (including phenoxy) is 1. The van der Waals surface area contributed by atoms with E-state index in [0.29, 0.717) is 38.2 Å². The molecule has 1 aliphatic rings. The number of esters is 1. The van der Waals surface area contributed by atoms with Crippen LogP contribution in [0.4, 0.5) is 0 Å². The van der Waals surface area contributed by atoms with Gasteiger partial charge in [0.2, 0.25) is 15.9 Å². The van der Waals surface area contributed by atoms with E-state index < -0.39 is 16.0 Å². The molecule has 0 bridgehead atoms.